The maximum absolute atomic E-state index is 13.2. The fourth-order valence-corrected chi connectivity index (χ4v) is 4.37. The van der Waals surface area contributed by atoms with Crippen LogP contribution in [0.1, 0.15) is 38.5 Å². The molecule has 134 valence electrons. The highest BCUT2D eigenvalue weighted by molar-refractivity contribution is 5.95. The standard InChI is InChI=1S/C19H24FN3O2/c20-13-4-3-7-15(10-13)21-17(24)16-11-19(16)8-9-23(12-19)18(25)22-14-5-1-2-6-14/h3-4,7,10,14,16H,1-2,5-6,8-9,11-12H2,(H,21,24)(H,22,25)/t16-,19-/m1/s1. The van der Waals surface area contributed by atoms with Crippen LogP contribution in [0.3, 0.4) is 0 Å². The van der Waals surface area contributed by atoms with Crippen molar-refractivity contribution < 1.29 is 14.0 Å². The second kappa shape index (κ2) is 6.32. The summed E-state index contributed by atoms with van der Waals surface area (Å²) in [4.78, 5) is 26.7. The van der Waals surface area contributed by atoms with Gasteiger partial charge in [0.15, 0.2) is 0 Å². The van der Waals surface area contributed by atoms with E-state index in [1.165, 1.54) is 25.0 Å². The molecule has 0 bridgehead atoms. The Kier molecular flexibility index (Phi) is 4.13. The van der Waals surface area contributed by atoms with E-state index in [4.69, 9.17) is 0 Å². The average molecular weight is 345 g/mol. The van der Waals surface area contributed by atoms with Crippen molar-refractivity contribution in [1.29, 1.82) is 0 Å². The number of urea groups is 1. The Labute approximate surface area is 147 Å². The molecular weight excluding hydrogens is 321 g/mol. The van der Waals surface area contributed by atoms with Crippen LogP contribution in [0.15, 0.2) is 24.3 Å². The zero-order valence-electron chi connectivity index (χ0n) is 14.3. The van der Waals surface area contributed by atoms with Gasteiger partial charge in [0.25, 0.3) is 0 Å². The Morgan fingerprint density at radius 3 is 2.80 bits per heavy atom. The second-order valence-electron chi connectivity index (χ2n) is 7.72. The summed E-state index contributed by atoms with van der Waals surface area (Å²) in [5, 5.41) is 5.92. The van der Waals surface area contributed by atoms with Gasteiger partial charge in [0.2, 0.25) is 5.91 Å². The number of hydrogen-bond acceptors (Lipinski definition) is 2. The van der Waals surface area contributed by atoms with Crippen LogP contribution < -0.4 is 10.6 Å². The summed E-state index contributed by atoms with van der Waals surface area (Å²) in [6.07, 6.45) is 6.20. The summed E-state index contributed by atoms with van der Waals surface area (Å²) < 4.78 is 13.2. The lowest BCUT2D eigenvalue weighted by molar-refractivity contribution is -0.118. The number of likely N-dealkylation sites (tertiary alicyclic amines) is 1. The Morgan fingerprint density at radius 1 is 1.24 bits per heavy atom. The van der Waals surface area contributed by atoms with Crippen LogP contribution in [0.2, 0.25) is 0 Å². The minimum absolute atomic E-state index is 0.0139. The molecule has 0 aromatic heterocycles. The van der Waals surface area contributed by atoms with Gasteiger partial charge in [0.1, 0.15) is 5.82 Å². The van der Waals surface area contributed by atoms with E-state index in [-0.39, 0.29) is 29.1 Å². The van der Waals surface area contributed by atoms with Gasteiger partial charge in [-0.15, -0.1) is 0 Å². The summed E-state index contributed by atoms with van der Waals surface area (Å²) in [5.41, 5.74) is 0.408. The average Bonchev–Trinajstić information content (AvgIpc) is 2.90. The van der Waals surface area contributed by atoms with Crippen LogP contribution in [-0.4, -0.2) is 36.0 Å². The number of rotatable bonds is 3. The third-order valence-electron chi connectivity index (χ3n) is 5.95. The van der Waals surface area contributed by atoms with Gasteiger partial charge in [-0.2, -0.15) is 0 Å². The second-order valence-corrected chi connectivity index (χ2v) is 7.72. The van der Waals surface area contributed by atoms with Crippen molar-refractivity contribution >= 4 is 17.6 Å². The van der Waals surface area contributed by atoms with Crippen LogP contribution in [0.4, 0.5) is 14.9 Å². The fraction of sp³-hybridized carbons (Fsp3) is 0.579. The van der Waals surface area contributed by atoms with Gasteiger partial charge in [0.05, 0.1) is 0 Å². The molecule has 1 saturated heterocycles. The highest BCUT2D eigenvalue weighted by Crippen LogP contribution is 2.58. The number of amides is 3. The van der Waals surface area contributed by atoms with Crippen LogP contribution in [0.25, 0.3) is 0 Å². The minimum atomic E-state index is -0.362. The Balaban J connectivity index is 1.31. The van der Waals surface area contributed by atoms with Crippen LogP contribution in [-0.2, 0) is 4.79 Å². The molecule has 1 heterocycles. The van der Waals surface area contributed by atoms with E-state index < -0.39 is 0 Å². The summed E-state index contributed by atoms with van der Waals surface area (Å²) >= 11 is 0. The molecule has 3 aliphatic rings. The van der Waals surface area contributed by atoms with Crippen LogP contribution >= 0.6 is 0 Å². The Hall–Kier alpha value is -2.11. The first-order valence-electron chi connectivity index (χ1n) is 9.18. The maximum atomic E-state index is 13.2. The number of hydrogen-bond donors (Lipinski definition) is 2. The first-order valence-corrected chi connectivity index (χ1v) is 9.18. The largest absolute Gasteiger partial charge is 0.335 e. The van der Waals surface area contributed by atoms with E-state index in [2.05, 4.69) is 10.6 Å². The molecule has 0 radical (unpaired) electrons. The van der Waals surface area contributed by atoms with E-state index in [0.717, 1.165) is 25.7 Å². The molecule has 2 aliphatic carbocycles. The molecule has 3 amide bonds. The number of anilines is 1. The predicted octanol–water partition coefficient (Wildman–Crippen LogP) is 3.13. The van der Waals surface area contributed by atoms with E-state index >= 15 is 0 Å². The molecule has 6 heteroatoms. The quantitative estimate of drug-likeness (QED) is 0.884. The fourth-order valence-electron chi connectivity index (χ4n) is 4.37. The number of nitrogens with one attached hydrogen (secondary N) is 2. The number of halogens is 1. The number of benzene rings is 1. The van der Waals surface area contributed by atoms with Gasteiger partial charge < -0.3 is 15.5 Å². The maximum Gasteiger partial charge on any atom is 0.317 e. The SMILES string of the molecule is O=C(Nc1cccc(F)c1)[C@H]1C[C@@]12CCN(C(=O)NC1CCCC1)C2. The first-order chi connectivity index (χ1) is 12.1. The van der Waals surface area contributed by atoms with Crippen molar-refractivity contribution in [2.75, 3.05) is 18.4 Å². The zero-order chi connectivity index (χ0) is 17.4. The molecule has 2 saturated carbocycles. The van der Waals surface area contributed by atoms with Gasteiger partial charge in [-0.3, -0.25) is 4.79 Å². The molecule has 1 aliphatic heterocycles. The molecule has 0 unspecified atom stereocenters. The lowest BCUT2D eigenvalue weighted by Crippen LogP contribution is -2.43. The van der Waals surface area contributed by atoms with E-state index in [9.17, 15) is 14.0 Å². The third-order valence-corrected chi connectivity index (χ3v) is 5.95. The van der Waals surface area contributed by atoms with Crippen LogP contribution in [0.5, 0.6) is 0 Å². The minimum Gasteiger partial charge on any atom is -0.335 e. The summed E-state index contributed by atoms with van der Waals surface area (Å²) in [6, 6.07) is 6.27. The first kappa shape index (κ1) is 16.4. The van der Waals surface area contributed by atoms with Crippen molar-refractivity contribution in [3.05, 3.63) is 30.1 Å². The summed E-state index contributed by atoms with van der Waals surface area (Å²) in [5.74, 6) is -0.511. The van der Waals surface area contributed by atoms with Crippen molar-refractivity contribution in [2.24, 2.45) is 11.3 Å². The monoisotopic (exact) mass is 345 g/mol. The van der Waals surface area contributed by atoms with Crippen molar-refractivity contribution in [2.45, 2.75) is 44.6 Å². The molecule has 25 heavy (non-hydrogen) atoms. The Bertz CT molecular complexity index is 689. The zero-order valence-corrected chi connectivity index (χ0v) is 14.3. The van der Waals surface area contributed by atoms with Crippen molar-refractivity contribution in [3.8, 4) is 0 Å². The van der Waals surface area contributed by atoms with Gasteiger partial charge in [-0.1, -0.05) is 18.9 Å². The van der Waals surface area contributed by atoms with E-state index in [1.807, 2.05) is 4.90 Å². The summed E-state index contributed by atoms with van der Waals surface area (Å²) in [7, 11) is 0. The van der Waals surface area contributed by atoms with E-state index in [0.29, 0.717) is 24.8 Å². The third kappa shape index (κ3) is 3.34. The molecule has 2 atom stereocenters. The van der Waals surface area contributed by atoms with Gasteiger partial charge in [0, 0.05) is 36.2 Å². The predicted molar refractivity (Wildman–Crippen MR) is 92.5 cm³/mol. The molecule has 1 spiro atoms. The normalized spacial score (nSPS) is 28.4. The van der Waals surface area contributed by atoms with Gasteiger partial charge in [-0.05, 0) is 43.9 Å². The molecule has 2 N–H and O–H groups in total. The number of nitrogens with zero attached hydrogens (tertiary/aromatic N) is 1. The van der Waals surface area contributed by atoms with Gasteiger partial charge in [-0.25, -0.2) is 9.18 Å². The van der Waals surface area contributed by atoms with Crippen molar-refractivity contribution in [1.82, 2.24) is 10.2 Å². The number of carbonyl (C=O) groups excluding carboxylic acids is 2. The molecule has 3 fully saturated rings. The molecule has 1 aromatic carbocycles. The van der Waals surface area contributed by atoms with Crippen LogP contribution in [0, 0.1) is 17.2 Å². The van der Waals surface area contributed by atoms with Gasteiger partial charge >= 0.3 is 6.03 Å². The molecular formula is C19H24FN3O2. The lowest BCUT2D eigenvalue weighted by atomic mass is 10.0. The molecule has 4 rings (SSSR count). The highest BCUT2D eigenvalue weighted by Gasteiger charge is 2.61. The smallest absolute Gasteiger partial charge is 0.317 e. The Morgan fingerprint density at radius 2 is 2.04 bits per heavy atom. The number of carbonyl (C=O) groups is 2. The molecule has 1 aromatic rings. The lowest BCUT2D eigenvalue weighted by Gasteiger charge is -2.20. The molecule has 5 nitrogen and oxygen atoms in total. The van der Waals surface area contributed by atoms with E-state index in [1.54, 1.807) is 12.1 Å². The van der Waals surface area contributed by atoms with Crippen molar-refractivity contribution in [3.63, 3.8) is 0 Å². The topological polar surface area (TPSA) is 61.4 Å². The summed E-state index contributed by atoms with van der Waals surface area (Å²) in [6.45, 7) is 1.36. The highest BCUT2D eigenvalue weighted by atomic mass is 19.1.